The van der Waals surface area contributed by atoms with Gasteiger partial charge in [0.15, 0.2) is 0 Å². The molecular formula is C23H29N3O4S. The van der Waals surface area contributed by atoms with Crippen LogP contribution in [0.3, 0.4) is 0 Å². The number of benzene rings is 1. The molecule has 1 aromatic heterocycles. The lowest BCUT2D eigenvalue weighted by molar-refractivity contribution is -0.117. The molecule has 1 aromatic carbocycles. The molecule has 0 bridgehead atoms. The number of methoxy groups -OCH3 is 1. The molecule has 1 atom stereocenters. The molecule has 1 aliphatic heterocycles. The van der Waals surface area contributed by atoms with Crippen molar-refractivity contribution in [2.45, 2.75) is 26.2 Å². The number of carbonyl (C=O) groups is 2. The van der Waals surface area contributed by atoms with E-state index in [9.17, 15) is 14.7 Å². The second-order valence-corrected chi connectivity index (χ2v) is 9.45. The first-order valence-corrected chi connectivity index (χ1v) is 11.6. The lowest BCUT2D eigenvalue weighted by Crippen LogP contribution is -2.48. The summed E-state index contributed by atoms with van der Waals surface area (Å²) in [6.45, 7) is 5.42. The highest BCUT2D eigenvalue weighted by molar-refractivity contribution is 7.17. The summed E-state index contributed by atoms with van der Waals surface area (Å²) in [4.78, 5) is 30.6. The van der Waals surface area contributed by atoms with Gasteiger partial charge in [0, 0.05) is 31.1 Å². The van der Waals surface area contributed by atoms with Crippen molar-refractivity contribution < 1.29 is 19.4 Å². The average Bonchev–Trinajstić information content (AvgIpc) is 3.10. The summed E-state index contributed by atoms with van der Waals surface area (Å²) >= 11 is 1.51. The largest absolute Gasteiger partial charge is 0.506 e. The maximum absolute atomic E-state index is 12.8. The summed E-state index contributed by atoms with van der Waals surface area (Å²) in [7, 11) is 1.38. The first-order chi connectivity index (χ1) is 15.0. The van der Waals surface area contributed by atoms with Gasteiger partial charge in [-0.05, 0) is 42.9 Å². The lowest BCUT2D eigenvalue weighted by Gasteiger charge is -2.35. The van der Waals surface area contributed by atoms with Gasteiger partial charge in [0.25, 0.3) is 0 Å². The molecule has 1 fully saturated rings. The van der Waals surface area contributed by atoms with E-state index in [0.717, 1.165) is 56.7 Å². The number of fused-ring (bicyclic) bond motifs is 1. The number of para-hydroxylation sites is 2. The standard InChI is InChI=1S/C23H29N3O4S/c1-15-7-8-16-19(13-15)31-22(21(16)23(29)30-2)24-20(28)14-25-9-11-26(12-10-25)17-5-3-4-6-18(17)27/h3-6,15,27H,7-14H2,1-2H3,(H,24,28). The minimum atomic E-state index is -0.376. The van der Waals surface area contributed by atoms with Gasteiger partial charge in [-0.2, -0.15) is 0 Å². The smallest absolute Gasteiger partial charge is 0.341 e. The van der Waals surface area contributed by atoms with Crippen molar-refractivity contribution in [2.24, 2.45) is 5.92 Å². The number of amides is 1. The highest BCUT2D eigenvalue weighted by atomic mass is 32.1. The molecule has 1 aliphatic carbocycles. The molecule has 2 heterocycles. The number of hydrogen-bond acceptors (Lipinski definition) is 7. The van der Waals surface area contributed by atoms with Crippen LogP contribution in [0.2, 0.25) is 0 Å². The Balaban J connectivity index is 1.38. The molecule has 1 saturated heterocycles. The van der Waals surface area contributed by atoms with Crippen molar-refractivity contribution >= 4 is 33.9 Å². The molecule has 7 nitrogen and oxygen atoms in total. The summed E-state index contributed by atoms with van der Waals surface area (Å²) in [5, 5.41) is 13.7. The van der Waals surface area contributed by atoms with E-state index in [0.29, 0.717) is 16.5 Å². The van der Waals surface area contributed by atoms with Crippen molar-refractivity contribution in [1.29, 1.82) is 0 Å². The normalized spacial score (nSPS) is 19.0. The first-order valence-electron chi connectivity index (χ1n) is 10.7. The number of esters is 1. The number of anilines is 2. The second-order valence-electron chi connectivity index (χ2n) is 8.35. The topological polar surface area (TPSA) is 82.1 Å². The van der Waals surface area contributed by atoms with Crippen molar-refractivity contribution in [3.63, 3.8) is 0 Å². The summed E-state index contributed by atoms with van der Waals surface area (Å²) in [6.07, 6.45) is 2.83. The zero-order chi connectivity index (χ0) is 22.0. The maximum atomic E-state index is 12.8. The van der Waals surface area contributed by atoms with E-state index in [2.05, 4.69) is 22.0 Å². The summed E-state index contributed by atoms with van der Waals surface area (Å²) in [6, 6.07) is 7.32. The minimum absolute atomic E-state index is 0.118. The quantitative estimate of drug-likeness (QED) is 0.691. The average molecular weight is 444 g/mol. The van der Waals surface area contributed by atoms with Gasteiger partial charge in [-0.25, -0.2) is 4.79 Å². The number of carbonyl (C=O) groups excluding carboxylic acids is 2. The second kappa shape index (κ2) is 9.28. The number of thiophene rings is 1. The number of rotatable bonds is 5. The number of nitrogens with zero attached hydrogens (tertiary/aromatic N) is 2. The van der Waals surface area contributed by atoms with E-state index in [1.165, 1.54) is 23.3 Å². The fourth-order valence-electron chi connectivity index (χ4n) is 4.40. The molecule has 0 radical (unpaired) electrons. The number of ether oxygens (including phenoxy) is 1. The number of hydrogen-bond donors (Lipinski definition) is 2. The Hall–Kier alpha value is -2.58. The predicted octanol–water partition coefficient (Wildman–Crippen LogP) is 3.13. The molecule has 2 aromatic rings. The third-order valence-corrected chi connectivity index (χ3v) is 7.29. The van der Waals surface area contributed by atoms with Crippen molar-refractivity contribution in [3.8, 4) is 5.75 Å². The Morgan fingerprint density at radius 3 is 2.68 bits per heavy atom. The molecule has 2 aliphatic rings. The Labute approximate surface area is 186 Å². The highest BCUT2D eigenvalue weighted by Crippen LogP contribution is 2.40. The van der Waals surface area contributed by atoms with E-state index in [1.54, 1.807) is 6.07 Å². The van der Waals surface area contributed by atoms with E-state index >= 15 is 0 Å². The molecule has 4 rings (SSSR count). The monoisotopic (exact) mass is 443 g/mol. The highest BCUT2D eigenvalue weighted by Gasteiger charge is 2.29. The minimum Gasteiger partial charge on any atom is -0.506 e. The SMILES string of the molecule is COC(=O)c1c(NC(=O)CN2CCN(c3ccccc3O)CC2)sc2c1CCC(C)C2. The molecule has 0 saturated carbocycles. The van der Waals surface area contributed by atoms with Gasteiger partial charge in [0.05, 0.1) is 24.9 Å². The first kappa shape index (κ1) is 21.6. The van der Waals surface area contributed by atoms with Gasteiger partial charge in [0.2, 0.25) is 5.91 Å². The van der Waals surface area contributed by atoms with Crippen LogP contribution in [-0.4, -0.2) is 61.7 Å². The molecule has 31 heavy (non-hydrogen) atoms. The van der Waals surface area contributed by atoms with Crippen molar-refractivity contribution in [1.82, 2.24) is 4.90 Å². The van der Waals surface area contributed by atoms with Crippen LogP contribution in [0.5, 0.6) is 5.75 Å². The van der Waals surface area contributed by atoms with Gasteiger partial charge in [-0.15, -0.1) is 11.3 Å². The van der Waals surface area contributed by atoms with Crippen LogP contribution in [-0.2, 0) is 22.4 Å². The molecule has 166 valence electrons. The van der Waals surface area contributed by atoms with Crippen LogP contribution in [0.15, 0.2) is 24.3 Å². The Morgan fingerprint density at radius 1 is 1.23 bits per heavy atom. The van der Waals surface area contributed by atoms with Gasteiger partial charge in [-0.1, -0.05) is 19.1 Å². The lowest BCUT2D eigenvalue weighted by atomic mass is 9.88. The maximum Gasteiger partial charge on any atom is 0.341 e. The third kappa shape index (κ3) is 4.70. The van der Waals surface area contributed by atoms with Crippen LogP contribution in [0.1, 0.15) is 34.1 Å². The van der Waals surface area contributed by atoms with E-state index in [1.807, 2.05) is 18.2 Å². The Morgan fingerprint density at radius 2 is 1.97 bits per heavy atom. The number of piperazine rings is 1. The van der Waals surface area contributed by atoms with Crippen LogP contribution in [0.25, 0.3) is 0 Å². The number of nitrogens with one attached hydrogen (secondary N) is 1. The van der Waals surface area contributed by atoms with Gasteiger partial charge in [-0.3, -0.25) is 9.69 Å². The van der Waals surface area contributed by atoms with Crippen LogP contribution >= 0.6 is 11.3 Å². The Kier molecular flexibility index (Phi) is 6.48. The van der Waals surface area contributed by atoms with Crippen LogP contribution in [0.4, 0.5) is 10.7 Å². The summed E-state index contributed by atoms with van der Waals surface area (Å²) in [5.41, 5.74) is 2.40. The van der Waals surface area contributed by atoms with Gasteiger partial charge >= 0.3 is 5.97 Å². The number of phenolic OH excluding ortho intramolecular Hbond substituents is 1. The number of phenols is 1. The summed E-state index contributed by atoms with van der Waals surface area (Å²) in [5.74, 6) is 0.368. The third-order valence-electron chi connectivity index (χ3n) is 6.12. The molecular weight excluding hydrogens is 414 g/mol. The van der Waals surface area contributed by atoms with Gasteiger partial charge in [0.1, 0.15) is 10.8 Å². The fourth-order valence-corrected chi connectivity index (χ4v) is 5.82. The Bertz CT molecular complexity index is 966. The van der Waals surface area contributed by atoms with Crippen LogP contribution < -0.4 is 10.2 Å². The van der Waals surface area contributed by atoms with Crippen molar-refractivity contribution in [3.05, 3.63) is 40.3 Å². The van der Waals surface area contributed by atoms with Gasteiger partial charge < -0.3 is 20.1 Å². The van der Waals surface area contributed by atoms with E-state index in [4.69, 9.17) is 4.74 Å². The zero-order valence-electron chi connectivity index (χ0n) is 18.0. The van der Waals surface area contributed by atoms with E-state index in [-0.39, 0.29) is 24.2 Å². The summed E-state index contributed by atoms with van der Waals surface area (Å²) < 4.78 is 5.00. The van der Waals surface area contributed by atoms with Crippen LogP contribution in [0, 0.1) is 5.92 Å². The van der Waals surface area contributed by atoms with E-state index < -0.39 is 0 Å². The van der Waals surface area contributed by atoms with Crippen molar-refractivity contribution in [2.75, 3.05) is 50.1 Å². The molecule has 2 N–H and O–H groups in total. The predicted molar refractivity (Wildman–Crippen MR) is 122 cm³/mol. The zero-order valence-corrected chi connectivity index (χ0v) is 18.8. The number of aromatic hydroxyl groups is 1. The molecule has 8 heteroatoms. The molecule has 0 spiro atoms. The fraction of sp³-hybridized carbons (Fsp3) is 0.478. The molecule has 1 unspecified atom stereocenters. The molecule has 1 amide bonds.